The molecule has 0 aliphatic rings. The first-order valence-electron chi connectivity index (χ1n) is 2.28. The molecular formula is C6H14OY-2. The van der Waals surface area contributed by atoms with Crippen LogP contribution in [0.15, 0.2) is 0 Å². The van der Waals surface area contributed by atoms with E-state index in [1.165, 1.54) is 0 Å². The van der Waals surface area contributed by atoms with Gasteiger partial charge in [-0.3, -0.25) is 0 Å². The fraction of sp³-hybridized carbons (Fsp3) is 0.667. The molecule has 0 unspecified atom stereocenters. The summed E-state index contributed by atoms with van der Waals surface area (Å²) in [6, 6.07) is 0. The Morgan fingerprint density at radius 2 is 2.00 bits per heavy atom. The summed E-state index contributed by atoms with van der Waals surface area (Å²) in [5.41, 5.74) is 0. The Balaban J connectivity index is -0.000000125. The molecule has 1 radical (unpaired) electrons. The van der Waals surface area contributed by atoms with Gasteiger partial charge in [0.2, 0.25) is 0 Å². The van der Waals surface area contributed by atoms with Crippen LogP contribution < -0.4 is 0 Å². The predicted octanol–water partition coefficient (Wildman–Crippen LogP) is 1.69. The van der Waals surface area contributed by atoms with E-state index in [-0.39, 0.29) is 40.1 Å². The van der Waals surface area contributed by atoms with E-state index < -0.39 is 0 Å². The van der Waals surface area contributed by atoms with Gasteiger partial charge < -0.3 is 19.1 Å². The van der Waals surface area contributed by atoms with Crippen molar-refractivity contribution < 1.29 is 37.4 Å². The normalized spacial score (nSPS) is 6.75. The van der Waals surface area contributed by atoms with Crippen molar-refractivity contribution in [2.45, 2.75) is 13.3 Å². The molecule has 0 bridgehead atoms. The van der Waals surface area contributed by atoms with Crippen molar-refractivity contribution >= 4 is 0 Å². The molecule has 0 rings (SSSR count). The maximum Gasteiger partial charge on any atom is 0.0436 e. The Morgan fingerprint density at radius 1 is 1.50 bits per heavy atom. The van der Waals surface area contributed by atoms with Crippen molar-refractivity contribution in [3.05, 3.63) is 14.4 Å². The molecule has 0 aliphatic carbocycles. The number of rotatable bonds is 3. The Bertz CT molecular complexity index is 20.5. The first-order chi connectivity index (χ1) is 2.91. The average Bonchev–Trinajstić information content (AvgIpc) is 1.61. The quantitative estimate of drug-likeness (QED) is 0.487. The van der Waals surface area contributed by atoms with E-state index in [1.807, 2.05) is 6.92 Å². The smallest absolute Gasteiger partial charge is 0.0436 e. The van der Waals surface area contributed by atoms with Crippen LogP contribution in [0.2, 0.25) is 0 Å². The fourth-order valence-electron chi connectivity index (χ4n) is 0.246. The summed E-state index contributed by atoms with van der Waals surface area (Å²) in [5, 5.41) is 0. The topological polar surface area (TPSA) is 9.23 Å². The third-order valence-corrected chi connectivity index (χ3v) is 0.493. The van der Waals surface area contributed by atoms with Crippen LogP contribution in [-0.4, -0.2) is 13.2 Å². The Hall–Kier alpha value is 1.06. The largest absolute Gasteiger partial charge is 0.384 e. The fourth-order valence-corrected chi connectivity index (χ4v) is 0.246. The second kappa shape index (κ2) is 15.7. The summed E-state index contributed by atoms with van der Waals surface area (Å²) in [6.45, 7) is 7.20. The zero-order valence-corrected chi connectivity index (χ0v) is 8.65. The van der Waals surface area contributed by atoms with Gasteiger partial charge in [-0.25, -0.2) is 0 Å². The van der Waals surface area contributed by atoms with Gasteiger partial charge in [0.25, 0.3) is 0 Å². The van der Waals surface area contributed by atoms with Gasteiger partial charge in [0.15, 0.2) is 0 Å². The molecule has 0 amide bonds. The van der Waals surface area contributed by atoms with E-state index in [1.54, 1.807) is 0 Å². The summed E-state index contributed by atoms with van der Waals surface area (Å²) in [5.74, 6) is 0. The van der Waals surface area contributed by atoms with Crippen LogP contribution >= 0.6 is 0 Å². The Kier molecular flexibility index (Phi) is 31.4. The van der Waals surface area contributed by atoms with Crippen molar-refractivity contribution in [2.75, 3.05) is 13.2 Å². The van der Waals surface area contributed by atoms with Crippen molar-refractivity contribution in [1.82, 2.24) is 0 Å². The van der Waals surface area contributed by atoms with Crippen LogP contribution in [0.1, 0.15) is 13.3 Å². The molecule has 0 atom stereocenters. The average molecular weight is 191 g/mol. The molecule has 8 heavy (non-hydrogen) atoms. The van der Waals surface area contributed by atoms with Crippen LogP contribution in [0.5, 0.6) is 0 Å². The van der Waals surface area contributed by atoms with Crippen LogP contribution in [0, 0.1) is 14.4 Å². The monoisotopic (exact) mass is 191 g/mol. The van der Waals surface area contributed by atoms with Gasteiger partial charge in [-0.05, 0) is 6.92 Å². The third kappa shape index (κ3) is 15.7. The van der Waals surface area contributed by atoms with Crippen LogP contribution in [0.3, 0.4) is 0 Å². The minimum atomic E-state index is 0. The van der Waals surface area contributed by atoms with Gasteiger partial charge in [0.1, 0.15) is 0 Å². The van der Waals surface area contributed by atoms with Gasteiger partial charge in [0, 0.05) is 45.9 Å². The summed E-state index contributed by atoms with van der Waals surface area (Å²) in [6.07, 6.45) is 0.883. The molecule has 2 heteroatoms. The molecule has 0 aromatic rings. The van der Waals surface area contributed by atoms with Gasteiger partial charge in [-0.2, -0.15) is 6.42 Å². The van der Waals surface area contributed by atoms with E-state index in [2.05, 4.69) is 6.92 Å². The first kappa shape index (κ1) is 16.0. The molecule has 0 N–H and O–H groups in total. The number of hydrogen-bond acceptors (Lipinski definition) is 1. The zero-order valence-electron chi connectivity index (χ0n) is 5.81. The predicted molar refractivity (Wildman–Crippen MR) is 32.9 cm³/mol. The summed E-state index contributed by atoms with van der Waals surface area (Å²) >= 11 is 0. The van der Waals surface area contributed by atoms with E-state index in [9.17, 15) is 0 Å². The number of hydrogen-bond donors (Lipinski definition) is 0. The molecule has 0 aliphatic heterocycles. The molecule has 0 saturated carbocycles. The summed E-state index contributed by atoms with van der Waals surface area (Å²) < 4.78 is 4.92. The molecule has 0 aromatic carbocycles. The van der Waals surface area contributed by atoms with Crippen molar-refractivity contribution in [3.63, 3.8) is 0 Å². The van der Waals surface area contributed by atoms with Crippen LogP contribution in [0.4, 0.5) is 0 Å². The molecule has 0 fully saturated rings. The van der Waals surface area contributed by atoms with E-state index >= 15 is 0 Å². The van der Waals surface area contributed by atoms with Crippen LogP contribution in [0.25, 0.3) is 0 Å². The van der Waals surface area contributed by atoms with Gasteiger partial charge in [-0.15, -0.1) is 0 Å². The van der Waals surface area contributed by atoms with Gasteiger partial charge >= 0.3 is 0 Å². The molecule has 0 saturated heterocycles. The van der Waals surface area contributed by atoms with E-state index in [0.29, 0.717) is 0 Å². The zero-order chi connectivity index (χ0) is 4.83. The second-order valence-corrected chi connectivity index (χ2v) is 1.05. The molecule has 0 heterocycles. The third-order valence-electron chi connectivity index (χ3n) is 0.493. The Morgan fingerprint density at radius 3 is 2.12 bits per heavy atom. The number of ether oxygens (including phenoxy) is 1. The SMILES string of the molecule is [CH2-]CCOCC.[CH3-].[Y]. The van der Waals surface area contributed by atoms with Gasteiger partial charge in [0.05, 0.1) is 0 Å². The maximum atomic E-state index is 4.92. The molecular weight excluding hydrogens is 177 g/mol. The standard InChI is InChI=1S/C5H11O.CH3.Y/c1-3-5-6-4-2;;/h1,3-5H2,2H3;1H3;/q2*-1;. The van der Waals surface area contributed by atoms with E-state index in [0.717, 1.165) is 19.6 Å². The summed E-state index contributed by atoms with van der Waals surface area (Å²) in [4.78, 5) is 0. The van der Waals surface area contributed by atoms with Crippen molar-refractivity contribution in [1.29, 1.82) is 0 Å². The van der Waals surface area contributed by atoms with Gasteiger partial charge in [-0.1, -0.05) is 0 Å². The van der Waals surface area contributed by atoms with Crippen LogP contribution in [-0.2, 0) is 37.4 Å². The van der Waals surface area contributed by atoms with E-state index in [4.69, 9.17) is 4.74 Å². The molecule has 1 nitrogen and oxygen atoms in total. The second-order valence-electron chi connectivity index (χ2n) is 1.05. The summed E-state index contributed by atoms with van der Waals surface area (Å²) in [7, 11) is 0. The Labute approximate surface area is 78.1 Å². The molecule has 0 aromatic heterocycles. The first-order valence-corrected chi connectivity index (χ1v) is 2.28. The molecule has 49 valence electrons. The van der Waals surface area contributed by atoms with Crippen molar-refractivity contribution in [3.8, 4) is 0 Å². The molecule has 0 spiro atoms. The minimum Gasteiger partial charge on any atom is -0.384 e. The minimum absolute atomic E-state index is 0. The maximum absolute atomic E-state index is 4.92. The van der Waals surface area contributed by atoms with Crippen molar-refractivity contribution in [2.24, 2.45) is 0 Å².